The molecule has 110 valence electrons. The monoisotopic (exact) mass is 333 g/mol. The molecular weight excluding hydrogens is 317 g/mol. The van der Waals surface area contributed by atoms with Gasteiger partial charge in [0.25, 0.3) is 5.91 Å². The molecular formula is C15H18Cl3NO. The molecule has 1 saturated carbocycles. The van der Waals surface area contributed by atoms with Crippen LogP contribution < -0.4 is 5.32 Å². The first-order valence-electron chi connectivity index (χ1n) is 6.86. The minimum absolute atomic E-state index is 0.0361. The van der Waals surface area contributed by atoms with Crippen LogP contribution in [-0.2, 0) is 0 Å². The second-order valence-electron chi connectivity index (χ2n) is 5.50. The van der Waals surface area contributed by atoms with Gasteiger partial charge < -0.3 is 5.32 Å². The van der Waals surface area contributed by atoms with E-state index < -0.39 is 0 Å². The highest BCUT2D eigenvalue weighted by atomic mass is 35.5. The van der Waals surface area contributed by atoms with Crippen LogP contribution in [0.15, 0.2) is 18.2 Å². The van der Waals surface area contributed by atoms with Crippen molar-refractivity contribution in [3.8, 4) is 0 Å². The predicted molar refractivity (Wildman–Crippen MR) is 85.0 cm³/mol. The molecule has 0 aliphatic heterocycles. The van der Waals surface area contributed by atoms with Crippen molar-refractivity contribution in [1.29, 1.82) is 0 Å². The largest absolute Gasteiger partial charge is 0.351 e. The molecule has 1 aromatic rings. The number of hydrogen-bond acceptors (Lipinski definition) is 1. The third-order valence-corrected chi connectivity index (χ3v) is 5.11. The normalized spacial score (nSPS) is 17.8. The Bertz CT molecular complexity index is 484. The molecule has 1 aliphatic carbocycles. The highest BCUT2D eigenvalue weighted by Crippen LogP contribution is 2.36. The molecule has 20 heavy (non-hydrogen) atoms. The van der Waals surface area contributed by atoms with Crippen LogP contribution >= 0.6 is 34.8 Å². The lowest BCUT2D eigenvalue weighted by molar-refractivity contribution is 0.0921. The number of alkyl halides is 1. The first kappa shape index (κ1) is 15.9. The molecule has 0 bridgehead atoms. The van der Waals surface area contributed by atoms with E-state index in [-0.39, 0.29) is 11.3 Å². The van der Waals surface area contributed by atoms with Crippen molar-refractivity contribution in [3.05, 3.63) is 33.8 Å². The number of nitrogens with one attached hydrogen (secondary N) is 1. The van der Waals surface area contributed by atoms with Crippen LogP contribution in [0.4, 0.5) is 0 Å². The Morgan fingerprint density at radius 2 is 1.90 bits per heavy atom. The van der Waals surface area contributed by atoms with E-state index in [1.54, 1.807) is 18.2 Å². The fourth-order valence-electron chi connectivity index (χ4n) is 2.70. The van der Waals surface area contributed by atoms with Gasteiger partial charge in [0, 0.05) is 22.9 Å². The van der Waals surface area contributed by atoms with E-state index in [1.807, 2.05) is 0 Å². The minimum atomic E-state index is -0.165. The summed E-state index contributed by atoms with van der Waals surface area (Å²) in [6, 6.07) is 4.89. The molecule has 1 amide bonds. The van der Waals surface area contributed by atoms with Gasteiger partial charge in [-0.2, -0.15) is 0 Å². The lowest BCUT2D eigenvalue weighted by Gasteiger charge is -2.35. The fraction of sp³-hybridized carbons (Fsp3) is 0.533. The van der Waals surface area contributed by atoms with Crippen molar-refractivity contribution in [2.24, 2.45) is 5.41 Å². The van der Waals surface area contributed by atoms with Crippen molar-refractivity contribution >= 4 is 40.7 Å². The minimum Gasteiger partial charge on any atom is -0.351 e. The van der Waals surface area contributed by atoms with E-state index in [9.17, 15) is 4.79 Å². The standard InChI is InChI=1S/C15H18Cl3NO/c16-9-15(6-2-1-3-7-15)10-19-14(20)12-5-4-11(17)8-13(12)18/h4-5,8H,1-3,6-7,9-10H2,(H,19,20). The van der Waals surface area contributed by atoms with E-state index >= 15 is 0 Å². The Hall–Kier alpha value is -0.440. The maximum absolute atomic E-state index is 12.2. The van der Waals surface area contributed by atoms with Gasteiger partial charge in [-0.1, -0.05) is 42.5 Å². The van der Waals surface area contributed by atoms with Crippen LogP contribution in [0.3, 0.4) is 0 Å². The molecule has 5 heteroatoms. The lowest BCUT2D eigenvalue weighted by Crippen LogP contribution is -2.40. The maximum Gasteiger partial charge on any atom is 0.252 e. The van der Waals surface area contributed by atoms with Crippen molar-refractivity contribution in [2.75, 3.05) is 12.4 Å². The Balaban J connectivity index is 2.00. The number of hydrogen-bond donors (Lipinski definition) is 1. The number of benzene rings is 1. The zero-order chi connectivity index (χ0) is 14.6. The van der Waals surface area contributed by atoms with Crippen molar-refractivity contribution in [1.82, 2.24) is 5.32 Å². The SMILES string of the molecule is O=C(NCC1(CCl)CCCCC1)c1ccc(Cl)cc1Cl. The average molecular weight is 335 g/mol. The van der Waals surface area contributed by atoms with Gasteiger partial charge in [0.15, 0.2) is 0 Å². The smallest absolute Gasteiger partial charge is 0.252 e. The third-order valence-electron chi connectivity index (χ3n) is 4.00. The molecule has 0 heterocycles. The fourth-order valence-corrected chi connectivity index (χ4v) is 3.55. The molecule has 0 aromatic heterocycles. The maximum atomic E-state index is 12.2. The van der Waals surface area contributed by atoms with Crippen LogP contribution in [-0.4, -0.2) is 18.3 Å². The van der Waals surface area contributed by atoms with Gasteiger partial charge in [-0.25, -0.2) is 0 Å². The number of amides is 1. The first-order valence-corrected chi connectivity index (χ1v) is 8.15. The molecule has 2 rings (SSSR count). The summed E-state index contributed by atoms with van der Waals surface area (Å²) in [6.07, 6.45) is 5.78. The molecule has 1 aliphatic rings. The second kappa shape index (κ2) is 7.02. The van der Waals surface area contributed by atoms with Gasteiger partial charge in [-0.15, -0.1) is 11.6 Å². The van der Waals surface area contributed by atoms with E-state index in [1.165, 1.54) is 19.3 Å². The van der Waals surface area contributed by atoms with Crippen LogP contribution in [0.5, 0.6) is 0 Å². The summed E-state index contributed by atoms with van der Waals surface area (Å²) in [6.45, 7) is 0.605. The Kier molecular flexibility index (Phi) is 5.59. The quantitative estimate of drug-likeness (QED) is 0.779. The van der Waals surface area contributed by atoms with Gasteiger partial charge in [-0.3, -0.25) is 4.79 Å². The van der Waals surface area contributed by atoms with E-state index in [2.05, 4.69) is 5.32 Å². The summed E-state index contributed by atoms with van der Waals surface area (Å²) in [5.74, 6) is 0.420. The number of carbonyl (C=O) groups is 1. The first-order chi connectivity index (χ1) is 9.56. The molecule has 1 fully saturated rings. The molecule has 1 aromatic carbocycles. The van der Waals surface area contributed by atoms with Crippen molar-refractivity contribution in [2.45, 2.75) is 32.1 Å². The topological polar surface area (TPSA) is 29.1 Å². The lowest BCUT2D eigenvalue weighted by atomic mass is 9.75. The number of carbonyl (C=O) groups excluding carboxylic acids is 1. The average Bonchev–Trinajstić information content (AvgIpc) is 2.46. The van der Waals surface area contributed by atoms with Gasteiger partial charge in [0.1, 0.15) is 0 Å². The second-order valence-corrected chi connectivity index (χ2v) is 6.61. The van der Waals surface area contributed by atoms with E-state index in [0.717, 1.165) is 12.8 Å². The number of halogens is 3. The molecule has 0 atom stereocenters. The molecule has 1 N–H and O–H groups in total. The molecule has 0 spiro atoms. The summed E-state index contributed by atoms with van der Waals surface area (Å²) in [5.41, 5.74) is 0.491. The Labute approximate surface area is 134 Å². The van der Waals surface area contributed by atoms with Crippen molar-refractivity contribution in [3.63, 3.8) is 0 Å². The van der Waals surface area contributed by atoms with Crippen LogP contribution in [0.2, 0.25) is 10.0 Å². The molecule has 0 radical (unpaired) electrons. The zero-order valence-electron chi connectivity index (χ0n) is 11.2. The molecule has 2 nitrogen and oxygen atoms in total. The van der Waals surface area contributed by atoms with E-state index in [0.29, 0.717) is 28.0 Å². The van der Waals surface area contributed by atoms with Gasteiger partial charge in [0.05, 0.1) is 10.6 Å². The summed E-state index contributed by atoms with van der Waals surface area (Å²) < 4.78 is 0. The summed E-state index contributed by atoms with van der Waals surface area (Å²) in [4.78, 5) is 12.2. The predicted octanol–water partition coefficient (Wildman–Crippen LogP) is 4.91. The Morgan fingerprint density at radius 3 is 2.50 bits per heavy atom. The highest BCUT2D eigenvalue weighted by molar-refractivity contribution is 6.36. The van der Waals surface area contributed by atoms with Crippen LogP contribution in [0.1, 0.15) is 42.5 Å². The van der Waals surface area contributed by atoms with Gasteiger partial charge >= 0.3 is 0 Å². The van der Waals surface area contributed by atoms with E-state index in [4.69, 9.17) is 34.8 Å². The summed E-state index contributed by atoms with van der Waals surface area (Å²) >= 11 is 18.0. The molecule has 0 saturated heterocycles. The molecule has 0 unspecified atom stereocenters. The number of rotatable bonds is 4. The van der Waals surface area contributed by atoms with Gasteiger partial charge in [0.2, 0.25) is 0 Å². The van der Waals surface area contributed by atoms with Crippen molar-refractivity contribution < 1.29 is 4.79 Å². The Morgan fingerprint density at radius 1 is 1.20 bits per heavy atom. The zero-order valence-corrected chi connectivity index (χ0v) is 13.5. The van der Waals surface area contributed by atoms with Crippen LogP contribution in [0, 0.1) is 5.41 Å². The van der Waals surface area contributed by atoms with Crippen LogP contribution in [0.25, 0.3) is 0 Å². The highest BCUT2D eigenvalue weighted by Gasteiger charge is 2.31. The third kappa shape index (κ3) is 3.81. The summed E-state index contributed by atoms with van der Waals surface area (Å²) in [5, 5.41) is 3.87. The van der Waals surface area contributed by atoms with Gasteiger partial charge in [-0.05, 0) is 31.0 Å². The summed E-state index contributed by atoms with van der Waals surface area (Å²) in [7, 11) is 0.